The van der Waals surface area contributed by atoms with E-state index in [0.717, 1.165) is 25.7 Å². The first kappa shape index (κ1) is 3.88. The fraction of sp³-hybridized carbons (Fsp3) is 0.833. The van der Waals surface area contributed by atoms with Crippen LogP contribution in [0.2, 0.25) is 0 Å². The first-order chi connectivity index (χ1) is 3.31. The lowest BCUT2D eigenvalue weighted by molar-refractivity contribution is 0.346. The summed E-state index contributed by atoms with van der Waals surface area (Å²) in [6, 6.07) is 0. The van der Waals surface area contributed by atoms with Crippen molar-refractivity contribution in [2.24, 2.45) is 0 Å². The van der Waals surface area contributed by atoms with E-state index in [1.54, 1.807) is 0 Å². The molecule has 39 valence electrons. The molecule has 0 spiro atoms. The molecule has 0 aromatic carbocycles. The summed E-state index contributed by atoms with van der Waals surface area (Å²) in [5.74, 6) is 1.19. The Hall–Kier alpha value is -0.0700. The largest absolute Gasteiger partial charge is 0.243 e. The summed E-state index contributed by atoms with van der Waals surface area (Å²) in [7, 11) is 0. The van der Waals surface area contributed by atoms with Gasteiger partial charge in [0.1, 0.15) is 5.67 Å². The topological polar surface area (TPSA) is 0 Å². The van der Waals surface area contributed by atoms with Crippen LogP contribution < -0.4 is 0 Å². The van der Waals surface area contributed by atoms with E-state index in [4.69, 9.17) is 0 Å². The molecule has 0 nitrogen and oxygen atoms in total. The first-order valence-corrected chi connectivity index (χ1v) is 2.85. The predicted octanol–water partition coefficient (Wildman–Crippen LogP) is 1.86. The van der Waals surface area contributed by atoms with E-state index in [-0.39, 0.29) is 0 Å². The summed E-state index contributed by atoms with van der Waals surface area (Å²) in [6.07, 6.45) is 3.80. The van der Waals surface area contributed by atoms with E-state index >= 15 is 0 Å². The van der Waals surface area contributed by atoms with Gasteiger partial charge in [0.25, 0.3) is 0 Å². The highest BCUT2D eigenvalue weighted by atomic mass is 19.1. The fourth-order valence-electron chi connectivity index (χ4n) is 0.974. The van der Waals surface area contributed by atoms with Gasteiger partial charge < -0.3 is 0 Å². The lowest BCUT2D eigenvalue weighted by Crippen LogP contribution is -1.97. The Balaban J connectivity index is 2.04. The van der Waals surface area contributed by atoms with Crippen LogP contribution in [0, 0.1) is 5.92 Å². The second kappa shape index (κ2) is 0.862. The lowest BCUT2D eigenvalue weighted by Gasteiger charge is -1.94. The third-order valence-corrected chi connectivity index (χ3v) is 1.82. The maximum atomic E-state index is 12.6. The predicted molar refractivity (Wildman–Crippen MR) is 25.5 cm³/mol. The van der Waals surface area contributed by atoms with Crippen LogP contribution in [-0.4, -0.2) is 5.67 Å². The molecule has 0 aliphatic heterocycles. The van der Waals surface area contributed by atoms with Gasteiger partial charge in [-0.2, -0.15) is 0 Å². The van der Waals surface area contributed by atoms with Crippen molar-refractivity contribution in [2.45, 2.75) is 31.4 Å². The highest BCUT2D eigenvalue weighted by Gasteiger charge is 2.55. The van der Waals surface area contributed by atoms with Crippen molar-refractivity contribution in [3.8, 4) is 0 Å². The van der Waals surface area contributed by atoms with E-state index in [1.807, 2.05) is 0 Å². The third kappa shape index (κ3) is 0.472. The Morgan fingerprint density at radius 1 is 1.29 bits per heavy atom. The number of hydrogen-bond acceptors (Lipinski definition) is 0. The molecule has 0 amide bonds. The minimum Gasteiger partial charge on any atom is -0.243 e. The summed E-state index contributed by atoms with van der Waals surface area (Å²) in [4.78, 5) is 0. The number of hydrogen-bond donors (Lipinski definition) is 0. The molecule has 0 aromatic rings. The molecule has 0 unspecified atom stereocenters. The summed E-state index contributed by atoms with van der Waals surface area (Å²) in [5.41, 5.74) is -0.722. The summed E-state index contributed by atoms with van der Waals surface area (Å²) >= 11 is 0. The van der Waals surface area contributed by atoms with Gasteiger partial charge in [-0.15, -0.1) is 0 Å². The van der Waals surface area contributed by atoms with Crippen molar-refractivity contribution in [2.75, 3.05) is 0 Å². The highest BCUT2D eigenvalue weighted by Crippen LogP contribution is 2.58. The normalized spacial score (nSPS) is 35.6. The Bertz CT molecular complexity index is 90.4. The molecule has 0 heterocycles. The van der Waals surface area contributed by atoms with Crippen LogP contribution in [0.3, 0.4) is 0 Å². The molecule has 0 saturated heterocycles. The zero-order valence-corrected chi connectivity index (χ0v) is 4.21. The molecule has 2 aliphatic rings. The fourth-order valence-corrected chi connectivity index (χ4v) is 0.974. The molecule has 2 rings (SSSR count). The first-order valence-electron chi connectivity index (χ1n) is 2.85. The molecule has 0 N–H and O–H groups in total. The molecule has 2 saturated carbocycles. The van der Waals surface area contributed by atoms with Gasteiger partial charge in [-0.05, 0) is 25.7 Å². The summed E-state index contributed by atoms with van der Waals surface area (Å²) in [5, 5.41) is 0. The van der Waals surface area contributed by atoms with Crippen molar-refractivity contribution in [1.29, 1.82) is 0 Å². The maximum absolute atomic E-state index is 12.6. The molecular formula is C6H8F. The Labute approximate surface area is 42.7 Å². The standard InChI is InChI=1S/C6H8F/c7-6(3-4-6)5-1-2-5/h1-4H2. The minimum absolute atomic E-state index is 0.722. The second-order valence-electron chi connectivity index (χ2n) is 2.57. The molecule has 1 radical (unpaired) electrons. The zero-order valence-electron chi connectivity index (χ0n) is 4.21. The summed E-state index contributed by atoms with van der Waals surface area (Å²) < 4.78 is 12.6. The van der Waals surface area contributed by atoms with Gasteiger partial charge in [-0.1, -0.05) is 0 Å². The average Bonchev–Trinajstić information content (AvgIpc) is 2.14. The molecule has 1 heteroatoms. The van der Waals surface area contributed by atoms with Gasteiger partial charge in [0.15, 0.2) is 0 Å². The molecule has 2 fully saturated rings. The number of halogens is 1. The maximum Gasteiger partial charge on any atom is 0.117 e. The van der Waals surface area contributed by atoms with Gasteiger partial charge in [0, 0.05) is 5.92 Å². The van der Waals surface area contributed by atoms with E-state index in [2.05, 4.69) is 0 Å². The van der Waals surface area contributed by atoms with Crippen molar-refractivity contribution >= 4 is 0 Å². The molecular weight excluding hydrogens is 91.1 g/mol. The van der Waals surface area contributed by atoms with E-state index < -0.39 is 5.67 Å². The van der Waals surface area contributed by atoms with E-state index in [9.17, 15) is 4.39 Å². The highest BCUT2D eigenvalue weighted by molar-refractivity contribution is 5.26. The molecule has 0 atom stereocenters. The van der Waals surface area contributed by atoms with Crippen LogP contribution >= 0.6 is 0 Å². The van der Waals surface area contributed by atoms with E-state index in [0.29, 0.717) is 0 Å². The van der Waals surface area contributed by atoms with Crippen LogP contribution in [0.25, 0.3) is 0 Å². The van der Waals surface area contributed by atoms with Gasteiger partial charge >= 0.3 is 0 Å². The number of rotatable bonds is 1. The van der Waals surface area contributed by atoms with Crippen LogP contribution in [0.5, 0.6) is 0 Å². The Kier molecular flexibility index (Phi) is 0.477. The quantitative estimate of drug-likeness (QED) is 0.470. The summed E-state index contributed by atoms with van der Waals surface area (Å²) in [6.45, 7) is 0. The number of alkyl halides is 1. The molecule has 2 aliphatic carbocycles. The third-order valence-electron chi connectivity index (χ3n) is 1.82. The zero-order chi connectivity index (χ0) is 4.91. The van der Waals surface area contributed by atoms with Crippen molar-refractivity contribution in [1.82, 2.24) is 0 Å². The van der Waals surface area contributed by atoms with Gasteiger partial charge in [0.05, 0.1) is 0 Å². The lowest BCUT2D eigenvalue weighted by atomic mass is 10.2. The van der Waals surface area contributed by atoms with Crippen LogP contribution in [-0.2, 0) is 0 Å². The monoisotopic (exact) mass is 99.1 g/mol. The van der Waals surface area contributed by atoms with Crippen molar-refractivity contribution in [3.05, 3.63) is 5.92 Å². The van der Waals surface area contributed by atoms with Gasteiger partial charge in [0.2, 0.25) is 0 Å². The van der Waals surface area contributed by atoms with Crippen molar-refractivity contribution in [3.63, 3.8) is 0 Å². The molecule has 0 aromatic heterocycles. The SMILES string of the molecule is FC1([C]2CC2)CC1. The Morgan fingerprint density at radius 2 is 1.86 bits per heavy atom. The molecule has 0 bridgehead atoms. The second-order valence-corrected chi connectivity index (χ2v) is 2.57. The van der Waals surface area contributed by atoms with E-state index in [1.165, 1.54) is 5.92 Å². The minimum atomic E-state index is -0.722. The average molecular weight is 99.1 g/mol. The van der Waals surface area contributed by atoms with Crippen LogP contribution in [0.15, 0.2) is 0 Å². The van der Waals surface area contributed by atoms with Crippen LogP contribution in [0.4, 0.5) is 4.39 Å². The smallest absolute Gasteiger partial charge is 0.117 e. The van der Waals surface area contributed by atoms with Crippen LogP contribution in [0.1, 0.15) is 25.7 Å². The van der Waals surface area contributed by atoms with Gasteiger partial charge in [-0.25, -0.2) is 4.39 Å². The Morgan fingerprint density at radius 3 is 2.00 bits per heavy atom. The van der Waals surface area contributed by atoms with Gasteiger partial charge in [-0.3, -0.25) is 0 Å². The van der Waals surface area contributed by atoms with Crippen molar-refractivity contribution < 1.29 is 4.39 Å². The molecule has 7 heavy (non-hydrogen) atoms.